The van der Waals surface area contributed by atoms with E-state index in [0.717, 1.165) is 24.1 Å². The molecule has 20 heavy (non-hydrogen) atoms. The number of ether oxygens (including phenoxy) is 1. The Morgan fingerprint density at radius 3 is 2.60 bits per heavy atom. The predicted molar refractivity (Wildman–Crippen MR) is 72.8 cm³/mol. The number of hydrogen-bond acceptors (Lipinski definition) is 4. The van der Waals surface area contributed by atoms with Gasteiger partial charge < -0.3 is 9.84 Å². The van der Waals surface area contributed by atoms with Crippen molar-refractivity contribution in [2.24, 2.45) is 0 Å². The number of aryl methyl sites for hydroxylation is 2. The highest BCUT2D eigenvalue weighted by atomic mass is 16.6. The van der Waals surface area contributed by atoms with Crippen LogP contribution in [0.1, 0.15) is 24.0 Å². The topological polar surface area (TPSA) is 66.8 Å². The van der Waals surface area contributed by atoms with Crippen molar-refractivity contribution >= 4 is 17.6 Å². The first-order valence-electron chi connectivity index (χ1n) is 6.90. The van der Waals surface area contributed by atoms with Gasteiger partial charge in [0.25, 0.3) is 0 Å². The van der Waals surface area contributed by atoms with Gasteiger partial charge in [0.05, 0.1) is 13.2 Å². The number of carbonyl (C=O) groups excluding carboxylic acids is 2. The summed E-state index contributed by atoms with van der Waals surface area (Å²) < 4.78 is 5.05. The number of Topliss-reactive ketones (excluding diaryl/α,β-unsaturated/α-hetero) is 1. The molecule has 2 aliphatic rings. The number of aliphatic hydroxyl groups excluding tert-OH is 1. The van der Waals surface area contributed by atoms with Gasteiger partial charge in [0.15, 0.2) is 0 Å². The summed E-state index contributed by atoms with van der Waals surface area (Å²) in [6, 6.07) is 5.84. The number of carbonyl (C=O) groups is 2. The second kappa shape index (κ2) is 5.25. The quantitative estimate of drug-likeness (QED) is 0.830. The van der Waals surface area contributed by atoms with Gasteiger partial charge in [-0.2, -0.15) is 0 Å². The van der Waals surface area contributed by atoms with Crippen molar-refractivity contribution < 1.29 is 19.4 Å². The van der Waals surface area contributed by atoms with E-state index in [-0.39, 0.29) is 6.61 Å². The minimum atomic E-state index is -0.456. The number of anilines is 1. The van der Waals surface area contributed by atoms with Crippen LogP contribution in [0, 0.1) is 0 Å². The van der Waals surface area contributed by atoms with Crippen molar-refractivity contribution in [2.45, 2.75) is 31.8 Å². The lowest BCUT2D eigenvalue weighted by atomic mass is 10.0. The SMILES string of the molecule is O=C1CCc2ccc(N3CC(CO)OC3=O)cc2CC1. The molecular weight excluding hydrogens is 258 g/mol. The fourth-order valence-corrected chi connectivity index (χ4v) is 2.76. The number of benzene rings is 1. The Morgan fingerprint density at radius 1 is 1.15 bits per heavy atom. The van der Waals surface area contributed by atoms with Gasteiger partial charge in [0, 0.05) is 18.5 Å². The average Bonchev–Trinajstić information content (AvgIpc) is 2.74. The van der Waals surface area contributed by atoms with E-state index >= 15 is 0 Å². The molecule has 5 heteroatoms. The second-order valence-electron chi connectivity index (χ2n) is 5.29. The zero-order valence-corrected chi connectivity index (χ0v) is 11.2. The summed E-state index contributed by atoms with van der Waals surface area (Å²) in [7, 11) is 0. The van der Waals surface area contributed by atoms with Gasteiger partial charge >= 0.3 is 6.09 Å². The molecule has 1 amide bonds. The van der Waals surface area contributed by atoms with Crippen LogP contribution in [0.25, 0.3) is 0 Å². The number of nitrogens with zero attached hydrogens (tertiary/aromatic N) is 1. The molecule has 1 atom stereocenters. The molecular formula is C15H17NO4. The molecule has 1 aliphatic heterocycles. The first kappa shape index (κ1) is 13.1. The van der Waals surface area contributed by atoms with Gasteiger partial charge in [-0.15, -0.1) is 0 Å². The summed E-state index contributed by atoms with van der Waals surface area (Å²) >= 11 is 0. The maximum absolute atomic E-state index is 11.8. The molecule has 1 heterocycles. The summed E-state index contributed by atoms with van der Waals surface area (Å²) in [6.07, 6.45) is 1.80. The maximum atomic E-state index is 11.8. The van der Waals surface area contributed by atoms with Gasteiger partial charge in [-0.05, 0) is 36.1 Å². The van der Waals surface area contributed by atoms with Crippen molar-refractivity contribution in [1.29, 1.82) is 0 Å². The third-order valence-corrected chi connectivity index (χ3v) is 3.93. The minimum Gasteiger partial charge on any atom is -0.441 e. The Hall–Kier alpha value is -1.88. The number of cyclic esters (lactones) is 1. The standard InChI is InChI=1S/C15H17NO4/c17-9-14-8-16(15(19)20-14)12-4-1-10-2-5-13(18)6-3-11(10)7-12/h1,4,7,14,17H,2-3,5-6,8-9H2. The summed E-state index contributed by atoms with van der Waals surface area (Å²) in [5, 5.41) is 9.07. The smallest absolute Gasteiger partial charge is 0.414 e. The normalized spacial score (nSPS) is 22.4. The molecule has 0 bridgehead atoms. The molecule has 0 radical (unpaired) electrons. The van der Waals surface area contributed by atoms with Crippen LogP contribution < -0.4 is 4.90 Å². The zero-order valence-electron chi connectivity index (χ0n) is 11.2. The summed E-state index contributed by atoms with van der Waals surface area (Å²) in [5.41, 5.74) is 3.10. The molecule has 0 aromatic heterocycles. The lowest BCUT2D eigenvalue weighted by Crippen LogP contribution is -2.25. The Balaban J connectivity index is 1.86. The Bertz CT molecular complexity index is 555. The van der Waals surface area contributed by atoms with Crippen LogP contribution in [0.15, 0.2) is 18.2 Å². The number of fused-ring (bicyclic) bond motifs is 1. The predicted octanol–water partition coefficient (Wildman–Crippen LogP) is 1.45. The Morgan fingerprint density at radius 2 is 1.90 bits per heavy atom. The average molecular weight is 275 g/mol. The molecule has 1 aliphatic carbocycles. The summed E-state index contributed by atoms with van der Waals surface area (Å²) in [4.78, 5) is 24.8. The van der Waals surface area contributed by atoms with Crippen molar-refractivity contribution in [3.8, 4) is 0 Å². The maximum Gasteiger partial charge on any atom is 0.414 e. The third kappa shape index (κ3) is 2.41. The molecule has 0 saturated carbocycles. The van der Waals surface area contributed by atoms with Gasteiger partial charge in [-0.1, -0.05) is 6.07 Å². The molecule has 1 aromatic carbocycles. The number of aliphatic hydroxyl groups is 1. The number of ketones is 1. The fourth-order valence-electron chi connectivity index (χ4n) is 2.76. The molecule has 1 saturated heterocycles. The van der Waals surface area contributed by atoms with Crippen LogP contribution >= 0.6 is 0 Å². The van der Waals surface area contributed by atoms with Crippen molar-refractivity contribution in [3.63, 3.8) is 0 Å². The highest BCUT2D eigenvalue weighted by Gasteiger charge is 2.32. The number of rotatable bonds is 2. The lowest BCUT2D eigenvalue weighted by molar-refractivity contribution is -0.118. The van der Waals surface area contributed by atoms with E-state index in [1.807, 2.05) is 18.2 Å². The minimum absolute atomic E-state index is 0.165. The molecule has 106 valence electrons. The fraction of sp³-hybridized carbons (Fsp3) is 0.467. The van der Waals surface area contributed by atoms with Crippen molar-refractivity contribution in [2.75, 3.05) is 18.1 Å². The van der Waals surface area contributed by atoms with Crippen LogP contribution in [0.4, 0.5) is 10.5 Å². The largest absolute Gasteiger partial charge is 0.441 e. The van der Waals surface area contributed by atoms with E-state index in [9.17, 15) is 9.59 Å². The first-order valence-corrected chi connectivity index (χ1v) is 6.90. The van der Waals surface area contributed by atoms with E-state index in [2.05, 4.69) is 0 Å². The van der Waals surface area contributed by atoms with Gasteiger partial charge in [0.2, 0.25) is 0 Å². The Labute approximate surface area is 117 Å². The third-order valence-electron chi connectivity index (χ3n) is 3.93. The molecule has 1 aromatic rings. The first-order chi connectivity index (χ1) is 9.67. The van der Waals surface area contributed by atoms with E-state index in [1.54, 1.807) is 0 Å². The highest BCUT2D eigenvalue weighted by molar-refractivity contribution is 5.90. The van der Waals surface area contributed by atoms with Gasteiger partial charge in [0.1, 0.15) is 11.9 Å². The molecule has 1 N–H and O–H groups in total. The summed E-state index contributed by atoms with van der Waals surface area (Å²) in [5.74, 6) is 0.295. The van der Waals surface area contributed by atoms with Crippen molar-refractivity contribution in [3.05, 3.63) is 29.3 Å². The van der Waals surface area contributed by atoms with Crippen LogP contribution in [0.3, 0.4) is 0 Å². The van der Waals surface area contributed by atoms with Crippen LogP contribution in [0.5, 0.6) is 0 Å². The molecule has 1 fully saturated rings. The van der Waals surface area contributed by atoms with E-state index in [0.29, 0.717) is 25.2 Å². The van der Waals surface area contributed by atoms with Gasteiger partial charge in [-0.3, -0.25) is 9.69 Å². The number of hydrogen-bond donors (Lipinski definition) is 1. The molecule has 5 nitrogen and oxygen atoms in total. The van der Waals surface area contributed by atoms with Crippen LogP contribution in [-0.4, -0.2) is 36.2 Å². The number of amides is 1. The van der Waals surface area contributed by atoms with Gasteiger partial charge in [-0.25, -0.2) is 4.79 Å². The monoisotopic (exact) mass is 275 g/mol. The van der Waals surface area contributed by atoms with E-state index < -0.39 is 12.2 Å². The summed E-state index contributed by atoms with van der Waals surface area (Å²) in [6.45, 7) is 0.203. The Kier molecular flexibility index (Phi) is 3.44. The van der Waals surface area contributed by atoms with E-state index in [1.165, 1.54) is 10.5 Å². The zero-order chi connectivity index (χ0) is 14.1. The van der Waals surface area contributed by atoms with E-state index in [4.69, 9.17) is 9.84 Å². The molecule has 3 rings (SSSR count). The lowest BCUT2D eigenvalue weighted by Gasteiger charge is -2.15. The second-order valence-corrected chi connectivity index (χ2v) is 5.29. The molecule has 0 spiro atoms. The highest BCUT2D eigenvalue weighted by Crippen LogP contribution is 2.27. The van der Waals surface area contributed by atoms with Crippen molar-refractivity contribution in [1.82, 2.24) is 0 Å². The molecule has 1 unspecified atom stereocenters. The van der Waals surface area contributed by atoms with Crippen LogP contribution in [-0.2, 0) is 22.4 Å². The van der Waals surface area contributed by atoms with Crippen LogP contribution in [0.2, 0.25) is 0 Å².